The predicted molar refractivity (Wildman–Crippen MR) is 108 cm³/mol. The van der Waals surface area contributed by atoms with Gasteiger partial charge >= 0.3 is 24.1 Å². The van der Waals surface area contributed by atoms with Gasteiger partial charge in [-0.2, -0.15) is 26.3 Å². The molecule has 2 aromatic rings. The summed E-state index contributed by atoms with van der Waals surface area (Å²) in [5, 5.41) is 9.60. The zero-order chi connectivity index (χ0) is 26.9. The van der Waals surface area contributed by atoms with Gasteiger partial charge in [0.25, 0.3) is 0 Å². The maximum atomic E-state index is 14.7. The molecule has 0 radical (unpaired) electrons. The molecule has 0 bridgehead atoms. The Hall–Kier alpha value is -2.90. The zero-order valence-corrected chi connectivity index (χ0v) is 18.8. The molecule has 0 aromatic heterocycles. The minimum Gasteiger partial charge on any atom is -0.465 e. The number of hydrogen-bond donors (Lipinski definition) is 1. The number of fused-ring (bicyclic) bond motifs is 3. The summed E-state index contributed by atoms with van der Waals surface area (Å²) in [5.41, 5.74) is -7.97. The van der Waals surface area contributed by atoms with Crippen LogP contribution in [-0.2, 0) is 26.7 Å². The Morgan fingerprint density at radius 3 is 2.08 bits per heavy atom. The highest BCUT2D eigenvalue weighted by molar-refractivity contribution is 7.92. The molecule has 14 heteroatoms. The first-order chi connectivity index (χ1) is 16.5. The van der Waals surface area contributed by atoms with Crippen molar-refractivity contribution in [3.63, 3.8) is 0 Å². The fraction of sp³-hybridized carbons (Fsp3) is 0.409. The summed E-state index contributed by atoms with van der Waals surface area (Å²) in [6, 6.07) is 3.59. The van der Waals surface area contributed by atoms with Gasteiger partial charge in [-0.05, 0) is 54.7 Å². The Bertz CT molecular complexity index is 1290. The SMILES string of the molecule is O=C(O)N1CCC2(S(=O)(=O)c3ccc(F)cc3)c3ccc(C(F)(C(F)(F)F)C(F)(F)F)cc3CCC12. The van der Waals surface area contributed by atoms with Crippen LogP contribution in [-0.4, -0.2) is 49.5 Å². The predicted octanol–water partition coefficient (Wildman–Crippen LogP) is 5.48. The number of sulfone groups is 1. The number of amides is 1. The van der Waals surface area contributed by atoms with Crippen molar-refractivity contribution in [1.29, 1.82) is 0 Å². The fourth-order valence-electron chi connectivity index (χ4n) is 5.28. The van der Waals surface area contributed by atoms with E-state index in [-0.39, 0.29) is 43.0 Å². The molecular formula is C22H17F8NO4S. The van der Waals surface area contributed by atoms with Gasteiger partial charge in [0.1, 0.15) is 10.6 Å². The van der Waals surface area contributed by atoms with Gasteiger partial charge < -0.3 is 10.0 Å². The maximum absolute atomic E-state index is 14.7. The minimum absolute atomic E-state index is 0.220. The molecule has 5 nitrogen and oxygen atoms in total. The third-order valence-corrected chi connectivity index (χ3v) is 9.46. The van der Waals surface area contributed by atoms with Gasteiger partial charge in [-0.15, -0.1) is 0 Å². The Labute approximate surface area is 199 Å². The molecule has 2 aromatic carbocycles. The number of carboxylic acid groups (broad SMARTS) is 1. The fourth-order valence-corrected chi connectivity index (χ4v) is 7.65. The maximum Gasteiger partial charge on any atom is 0.435 e. The van der Waals surface area contributed by atoms with Crippen molar-refractivity contribution in [3.8, 4) is 0 Å². The van der Waals surface area contributed by atoms with E-state index in [1.165, 1.54) is 0 Å². The lowest BCUT2D eigenvalue weighted by Gasteiger charge is -2.42. The number of likely N-dealkylation sites (tertiary alicyclic amines) is 1. The molecule has 196 valence electrons. The zero-order valence-electron chi connectivity index (χ0n) is 18.0. The topological polar surface area (TPSA) is 74.7 Å². The van der Waals surface area contributed by atoms with Crippen molar-refractivity contribution < 1.29 is 53.4 Å². The molecule has 0 spiro atoms. The Kier molecular flexibility index (Phi) is 5.85. The van der Waals surface area contributed by atoms with Gasteiger partial charge in [0.2, 0.25) is 0 Å². The third-order valence-electron chi connectivity index (χ3n) is 6.92. The molecule has 1 aliphatic heterocycles. The first-order valence-electron chi connectivity index (χ1n) is 10.4. The quantitative estimate of drug-likeness (QED) is 0.411. The van der Waals surface area contributed by atoms with Crippen molar-refractivity contribution in [3.05, 3.63) is 65.0 Å². The van der Waals surface area contributed by atoms with Crippen LogP contribution in [0, 0.1) is 5.82 Å². The van der Waals surface area contributed by atoms with Gasteiger partial charge in [-0.3, -0.25) is 0 Å². The monoisotopic (exact) mass is 543 g/mol. The van der Waals surface area contributed by atoms with Gasteiger partial charge in [0, 0.05) is 12.1 Å². The molecule has 0 saturated carbocycles. The van der Waals surface area contributed by atoms with E-state index in [4.69, 9.17) is 0 Å². The molecular weight excluding hydrogens is 526 g/mol. The van der Waals surface area contributed by atoms with Crippen LogP contribution in [0.1, 0.15) is 29.5 Å². The van der Waals surface area contributed by atoms with Crippen molar-refractivity contribution in [2.45, 2.75) is 53.0 Å². The first-order valence-corrected chi connectivity index (χ1v) is 11.9. The first kappa shape index (κ1) is 26.2. The Morgan fingerprint density at radius 1 is 0.972 bits per heavy atom. The number of hydrogen-bond acceptors (Lipinski definition) is 3. The standard InChI is InChI=1S/C22H17F8NO4S/c23-14-3-5-15(6-4-14)36(34,35)19-9-10-31(18(32)33)17(19)8-1-12-11-13(2-7-16(12)19)20(24,21(25,26)27)22(28,29)30/h2-7,11,17H,1,8-10H2,(H,32,33). The van der Waals surface area contributed by atoms with E-state index in [0.29, 0.717) is 12.1 Å². The van der Waals surface area contributed by atoms with E-state index >= 15 is 0 Å². The summed E-state index contributed by atoms with van der Waals surface area (Å²) in [7, 11) is -4.57. The summed E-state index contributed by atoms with van der Waals surface area (Å²) in [6.45, 7) is -0.292. The van der Waals surface area contributed by atoms with Crippen molar-refractivity contribution in [1.82, 2.24) is 4.90 Å². The summed E-state index contributed by atoms with van der Waals surface area (Å²) >= 11 is 0. The second-order valence-electron chi connectivity index (χ2n) is 8.65. The van der Waals surface area contributed by atoms with E-state index in [9.17, 15) is 53.4 Å². The minimum atomic E-state index is -6.36. The van der Waals surface area contributed by atoms with E-state index in [1.807, 2.05) is 0 Å². The lowest BCUT2D eigenvalue weighted by atomic mass is 9.77. The van der Waals surface area contributed by atoms with Crippen LogP contribution < -0.4 is 0 Å². The number of rotatable bonds is 3. The van der Waals surface area contributed by atoms with Gasteiger partial charge in [0.15, 0.2) is 9.84 Å². The molecule has 1 N–H and O–H groups in total. The highest BCUT2D eigenvalue weighted by atomic mass is 32.2. The largest absolute Gasteiger partial charge is 0.465 e. The highest BCUT2D eigenvalue weighted by Crippen LogP contribution is 2.56. The summed E-state index contributed by atoms with van der Waals surface area (Å²) in [6.07, 6.45) is -15.1. The van der Waals surface area contributed by atoms with Gasteiger partial charge in [-0.25, -0.2) is 22.0 Å². The van der Waals surface area contributed by atoms with Crippen LogP contribution in [0.5, 0.6) is 0 Å². The number of alkyl halides is 7. The molecule has 2 atom stereocenters. The van der Waals surface area contributed by atoms with E-state index in [0.717, 1.165) is 29.2 Å². The summed E-state index contributed by atoms with van der Waals surface area (Å²) < 4.78 is 134. The van der Waals surface area contributed by atoms with Crippen molar-refractivity contribution in [2.24, 2.45) is 0 Å². The number of aryl methyl sites for hydroxylation is 1. The van der Waals surface area contributed by atoms with Crippen molar-refractivity contribution in [2.75, 3.05) is 6.54 Å². The lowest BCUT2D eigenvalue weighted by molar-refractivity contribution is -0.348. The molecule has 4 rings (SSSR count). The Morgan fingerprint density at radius 2 is 1.56 bits per heavy atom. The van der Waals surface area contributed by atoms with Crippen LogP contribution in [0.2, 0.25) is 0 Å². The van der Waals surface area contributed by atoms with Gasteiger partial charge in [0.05, 0.1) is 10.9 Å². The number of benzene rings is 2. The summed E-state index contributed by atoms with van der Waals surface area (Å²) in [5.74, 6) is -0.770. The van der Waals surface area contributed by atoms with Crippen LogP contribution in [0.15, 0.2) is 47.4 Å². The van der Waals surface area contributed by atoms with Crippen molar-refractivity contribution >= 4 is 15.9 Å². The van der Waals surface area contributed by atoms with Crippen LogP contribution in [0.3, 0.4) is 0 Å². The molecule has 2 unspecified atom stereocenters. The molecule has 1 saturated heterocycles. The van der Waals surface area contributed by atoms with Crippen LogP contribution in [0.25, 0.3) is 0 Å². The number of nitrogens with zero attached hydrogens (tertiary/aromatic N) is 1. The number of halogens is 8. The Balaban J connectivity index is 1.97. The second kappa shape index (κ2) is 8.05. The summed E-state index contributed by atoms with van der Waals surface area (Å²) in [4.78, 5) is 12.2. The van der Waals surface area contributed by atoms with E-state index in [1.54, 1.807) is 0 Å². The smallest absolute Gasteiger partial charge is 0.435 e. The average Bonchev–Trinajstić information content (AvgIpc) is 3.19. The van der Waals surface area contributed by atoms with E-state index < -0.39 is 61.0 Å². The normalized spacial score (nSPS) is 22.8. The highest BCUT2D eigenvalue weighted by Gasteiger charge is 2.73. The van der Waals surface area contributed by atoms with Gasteiger partial charge in [-0.1, -0.05) is 18.2 Å². The third kappa shape index (κ3) is 3.47. The second-order valence-corrected chi connectivity index (χ2v) is 10.9. The molecule has 1 amide bonds. The number of carbonyl (C=O) groups is 1. The molecule has 1 heterocycles. The van der Waals surface area contributed by atoms with Crippen LogP contribution in [0.4, 0.5) is 39.9 Å². The molecule has 36 heavy (non-hydrogen) atoms. The van der Waals surface area contributed by atoms with E-state index in [2.05, 4.69) is 0 Å². The molecule has 2 aliphatic rings. The lowest BCUT2D eigenvalue weighted by Crippen LogP contribution is -2.52. The molecule has 1 aliphatic carbocycles. The molecule has 1 fully saturated rings. The van der Waals surface area contributed by atoms with Crippen LogP contribution >= 0.6 is 0 Å². The average molecular weight is 543 g/mol.